The van der Waals surface area contributed by atoms with E-state index in [1.54, 1.807) is 23.1 Å². The molecule has 0 aromatic heterocycles. The van der Waals surface area contributed by atoms with Gasteiger partial charge in [-0.15, -0.1) is 0 Å². The molecule has 150 valence electrons. The van der Waals surface area contributed by atoms with Crippen LogP contribution in [0.1, 0.15) is 34.8 Å². The summed E-state index contributed by atoms with van der Waals surface area (Å²) in [7, 11) is 0. The van der Waals surface area contributed by atoms with Gasteiger partial charge in [0.05, 0.1) is 6.54 Å². The minimum atomic E-state index is -0.374. The average molecular weight is 392 g/mol. The molecule has 2 aliphatic heterocycles. The summed E-state index contributed by atoms with van der Waals surface area (Å²) in [5, 5.41) is 0. The van der Waals surface area contributed by atoms with E-state index in [1.807, 2.05) is 23.1 Å². The van der Waals surface area contributed by atoms with Crippen molar-refractivity contribution in [1.29, 1.82) is 0 Å². The molecule has 2 aliphatic rings. The van der Waals surface area contributed by atoms with Crippen molar-refractivity contribution in [3.8, 4) is 0 Å². The first-order valence-corrected chi connectivity index (χ1v) is 9.86. The molecule has 7 heteroatoms. The van der Waals surface area contributed by atoms with E-state index in [2.05, 4.69) is 16.9 Å². The van der Waals surface area contributed by atoms with E-state index in [0.29, 0.717) is 12.1 Å². The quantitative estimate of drug-likeness (QED) is 0.781. The fourth-order valence-electron chi connectivity index (χ4n) is 4.06. The van der Waals surface area contributed by atoms with Crippen molar-refractivity contribution in [1.82, 2.24) is 10.9 Å². The molecule has 0 atom stereocenters. The van der Waals surface area contributed by atoms with Crippen LogP contribution in [0.4, 0.5) is 11.4 Å². The molecule has 2 aromatic carbocycles. The van der Waals surface area contributed by atoms with Gasteiger partial charge in [0.1, 0.15) is 0 Å². The van der Waals surface area contributed by atoms with Gasteiger partial charge in [-0.05, 0) is 54.7 Å². The SMILES string of the molecule is CC(=O)N1CCc2cc(C(=O)NNC(=O)CN3CCCc4ccccc43)ccc21. The van der Waals surface area contributed by atoms with E-state index in [-0.39, 0.29) is 24.3 Å². The zero-order chi connectivity index (χ0) is 20.4. The fourth-order valence-corrected chi connectivity index (χ4v) is 4.06. The van der Waals surface area contributed by atoms with Crippen LogP contribution in [0.25, 0.3) is 0 Å². The summed E-state index contributed by atoms with van der Waals surface area (Å²) in [6, 6.07) is 13.3. The third kappa shape index (κ3) is 3.94. The van der Waals surface area contributed by atoms with E-state index in [1.165, 1.54) is 12.5 Å². The molecule has 0 saturated heterocycles. The van der Waals surface area contributed by atoms with Gasteiger partial charge >= 0.3 is 0 Å². The highest BCUT2D eigenvalue weighted by Crippen LogP contribution is 2.29. The molecular formula is C22H24N4O3. The van der Waals surface area contributed by atoms with Gasteiger partial charge in [0, 0.05) is 37.0 Å². The molecule has 0 bridgehead atoms. The number of amides is 3. The Balaban J connectivity index is 1.35. The first-order valence-electron chi connectivity index (χ1n) is 9.86. The highest BCUT2D eigenvalue weighted by atomic mass is 16.2. The molecule has 0 radical (unpaired) electrons. The van der Waals surface area contributed by atoms with E-state index < -0.39 is 0 Å². The number of aryl methyl sites for hydroxylation is 1. The van der Waals surface area contributed by atoms with Gasteiger partial charge < -0.3 is 9.80 Å². The van der Waals surface area contributed by atoms with Gasteiger partial charge in [-0.1, -0.05) is 18.2 Å². The molecule has 0 unspecified atom stereocenters. The number of nitrogens with zero attached hydrogens (tertiary/aromatic N) is 2. The lowest BCUT2D eigenvalue weighted by Crippen LogP contribution is -2.47. The Morgan fingerprint density at radius 1 is 0.931 bits per heavy atom. The zero-order valence-electron chi connectivity index (χ0n) is 16.4. The van der Waals surface area contributed by atoms with Crippen molar-refractivity contribution in [3.63, 3.8) is 0 Å². The molecule has 0 saturated carbocycles. The van der Waals surface area contributed by atoms with Gasteiger partial charge in [0.15, 0.2) is 0 Å². The van der Waals surface area contributed by atoms with Crippen LogP contribution in [-0.2, 0) is 22.4 Å². The van der Waals surface area contributed by atoms with E-state index >= 15 is 0 Å². The van der Waals surface area contributed by atoms with Crippen LogP contribution in [0.2, 0.25) is 0 Å². The molecule has 7 nitrogen and oxygen atoms in total. The summed E-state index contributed by atoms with van der Waals surface area (Å²) in [6.45, 7) is 3.17. The highest BCUT2D eigenvalue weighted by Gasteiger charge is 2.23. The highest BCUT2D eigenvalue weighted by molar-refractivity contribution is 5.98. The molecule has 3 amide bonds. The summed E-state index contributed by atoms with van der Waals surface area (Å²) in [5.41, 5.74) is 9.59. The van der Waals surface area contributed by atoms with E-state index in [4.69, 9.17) is 0 Å². The molecule has 2 N–H and O–H groups in total. The van der Waals surface area contributed by atoms with Crippen LogP contribution in [0.5, 0.6) is 0 Å². The van der Waals surface area contributed by atoms with Gasteiger partial charge in [-0.3, -0.25) is 25.2 Å². The summed E-state index contributed by atoms with van der Waals surface area (Å²) >= 11 is 0. The Labute approximate surface area is 169 Å². The Kier molecular flexibility index (Phi) is 5.20. The van der Waals surface area contributed by atoms with Gasteiger partial charge in [-0.2, -0.15) is 0 Å². The van der Waals surface area contributed by atoms with Crippen LogP contribution in [0, 0.1) is 0 Å². The van der Waals surface area contributed by atoms with E-state index in [9.17, 15) is 14.4 Å². The molecule has 2 heterocycles. The minimum absolute atomic E-state index is 0.00694. The Morgan fingerprint density at radius 2 is 1.76 bits per heavy atom. The maximum absolute atomic E-state index is 12.4. The second-order valence-corrected chi connectivity index (χ2v) is 7.42. The van der Waals surface area contributed by atoms with Gasteiger partial charge in [0.25, 0.3) is 11.8 Å². The lowest BCUT2D eigenvalue weighted by molar-refractivity contribution is -0.120. The standard InChI is InChI=1S/C22H24N4O3/c1-15(27)26-12-10-17-13-18(8-9-20(17)26)22(29)24-23-21(28)14-25-11-4-6-16-5-2-3-7-19(16)25/h2-3,5,7-9,13H,4,6,10-12,14H2,1H3,(H,23,28)(H,24,29). The number of hydrogen-bond acceptors (Lipinski definition) is 4. The van der Waals surface area contributed by atoms with Crippen molar-refractivity contribution in [2.24, 2.45) is 0 Å². The lowest BCUT2D eigenvalue weighted by atomic mass is 10.0. The molecule has 0 fully saturated rings. The third-order valence-corrected chi connectivity index (χ3v) is 5.47. The Bertz CT molecular complexity index is 972. The topological polar surface area (TPSA) is 81.8 Å². The van der Waals surface area contributed by atoms with Gasteiger partial charge in [-0.25, -0.2) is 0 Å². The molecule has 0 spiro atoms. The van der Waals surface area contributed by atoms with Crippen LogP contribution < -0.4 is 20.7 Å². The van der Waals surface area contributed by atoms with Crippen molar-refractivity contribution >= 4 is 29.1 Å². The maximum Gasteiger partial charge on any atom is 0.269 e. The predicted octanol–water partition coefficient (Wildman–Crippen LogP) is 1.81. The van der Waals surface area contributed by atoms with Crippen LogP contribution in [-0.4, -0.2) is 37.4 Å². The monoisotopic (exact) mass is 392 g/mol. The third-order valence-electron chi connectivity index (χ3n) is 5.47. The number of fused-ring (bicyclic) bond motifs is 2. The first kappa shape index (κ1) is 19.0. The summed E-state index contributed by atoms with van der Waals surface area (Å²) in [6.07, 6.45) is 2.74. The number of carbonyl (C=O) groups is 3. The first-order chi connectivity index (χ1) is 14.0. The van der Waals surface area contributed by atoms with Crippen molar-refractivity contribution in [3.05, 3.63) is 59.2 Å². The number of rotatable bonds is 3. The maximum atomic E-state index is 12.4. The van der Waals surface area contributed by atoms with Crippen LogP contribution in [0.3, 0.4) is 0 Å². The predicted molar refractivity (Wildman–Crippen MR) is 111 cm³/mol. The number of hydrogen-bond donors (Lipinski definition) is 2. The van der Waals surface area contributed by atoms with E-state index in [0.717, 1.165) is 42.7 Å². The average Bonchev–Trinajstić information content (AvgIpc) is 3.16. The van der Waals surface area contributed by atoms with Crippen LogP contribution >= 0.6 is 0 Å². The second-order valence-electron chi connectivity index (χ2n) is 7.42. The number of hydrazine groups is 1. The number of nitrogens with one attached hydrogen (secondary N) is 2. The zero-order valence-corrected chi connectivity index (χ0v) is 16.4. The summed E-state index contributed by atoms with van der Waals surface area (Å²) < 4.78 is 0. The van der Waals surface area contributed by atoms with Crippen molar-refractivity contribution in [2.75, 3.05) is 29.4 Å². The molecule has 2 aromatic rings. The number of benzene rings is 2. The number of para-hydroxylation sites is 1. The summed E-state index contributed by atoms with van der Waals surface area (Å²) in [5.74, 6) is -0.645. The molecule has 29 heavy (non-hydrogen) atoms. The molecular weight excluding hydrogens is 368 g/mol. The smallest absolute Gasteiger partial charge is 0.269 e. The van der Waals surface area contributed by atoms with Crippen molar-refractivity contribution < 1.29 is 14.4 Å². The second kappa shape index (κ2) is 7.95. The molecule has 4 rings (SSSR count). The van der Waals surface area contributed by atoms with Gasteiger partial charge in [0.2, 0.25) is 5.91 Å². The Hall–Kier alpha value is -3.35. The Morgan fingerprint density at radius 3 is 2.59 bits per heavy atom. The largest absolute Gasteiger partial charge is 0.362 e. The summed E-state index contributed by atoms with van der Waals surface area (Å²) in [4.78, 5) is 40.2. The molecule has 0 aliphatic carbocycles. The van der Waals surface area contributed by atoms with Crippen molar-refractivity contribution in [2.45, 2.75) is 26.2 Å². The number of anilines is 2. The fraction of sp³-hybridized carbons (Fsp3) is 0.318. The number of carbonyl (C=O) groups excluding carboxylic acids is 3. The lowest BCUT2D eigenvalue weighted by Gasteiger charge is -2.30. The minimum Gasteiger partial charge on any atom is -0.362 e. The van der Waals surface area contributed by atoms with Crippen LogP contribution in [0.15, 0.2) is 42.5 Å². The normalized spacial score (nSPS) is 14.8.